The number of sulfone groups is 1. The number of aromatic nitrogens is 3. The van der Waals surface area contributed by atoms with Gasteiger partial charge in [0.25, 0.3) is 0 Å². The van der Waals surface area contributed by atoms with E-state index in [4.69, 9.17) is 15.2 Å². The molecular formula is C16H18N4O4S2. The molecule has 2 N–H and O–H groups in total. The van der Waals surface area contributed by atoms with E-state index in [2.05, 4.69) is 10.1 Å². The summed E-state index contributed by atoms with van der Waals surface area (Å²) in [5.41, 5.74) is 6.96. The van der Waals surface area contributed by atoms with Crippen LogP contribution in [0.15, 0.2) is 45.9 Å². The number of methoxy groups -OCH3 is 2. The van der Waals surface area contributed by atoms with Gasteiger partial charge in [0.05, 0.1) is 24.4 Å². The highest BCUT2D eigenvalue weighted by Gasteiger charge is 2.23. The first-order chi connectivity index (χ1) is 12.5. The Balaban J connectivity index is 2.06. The molecule has 26 heavy (non-hydrogen) atoms. The smallest absolute Gasteiger partial charge is 0.217 e. The number of benzene rings is 1. The monoisotopic (exact) mass is 394 g/mol. The van der Waals surface area contributed by atoms with Crippen molar-refractivity contribution >= 4 is 21.2 Å². The van der Waals surface area contributed by atoms with Crippen LogP contribution in [-0.4, -0.2) is 37.4 Å². The third kappa shape index (κ3) is 3.63. The molecule has 0 aliphatic carbocycles. The van der Waals surface area contributed by atoms with Crippen molar-refractivity contribution in [3.63, 3.8) is 0 Å². The molecule has 0 radical (unpaired) electrons. The maximum absolute atomic E-state index is 13.0. The third-order valence-corrected chi connectivity index (χ3v) is 6.84. The number of nitrogens with two attached hydrogens (primary N) is 1. The quantitative estimate of drug-likeness (QED) is 0.652. The predicted octanol–water partition coefficient (Wildman–Crippen LogP) is 1.91. The van der Waals surface area contributed by atoms with Gasteiger partial charge in [-0.2, -0.15) is 5.10 Å². The lowest BCUT2D eigenvalue weighted by molar-refractivity contribution is 0.120. The van der Waals surface area contributed by atoms with Crippen LogP contribution in [0, 0.1) is 0 Å². The van der Waals surface area contributed by atoms with E-state index in [-0.39, 0.29) is 15.6 Å². The van der Waals surface area contributed by atoms with Gasteiger partial charge in [0.15, 0.2) is 0 Å². The van der Waals surface area contributed by atoms with Crippen molar-refractivity contribution in [2.45, 2.75) is 22.4 Å². The molecule has 0 unspecified atom stereocenters. The van der Waals surface area contributed by atoms with Crippen molar-refractivity contribution in [2.24, 2.45) is 5.73 Å². The van der Waals surface area contributed by atoms with Gasteiger partial charge in [0, 0.05) is 25.4 Å². The summed E-state index contributed by atoms with van der Waals surface area (Å²) in [6, 6.07) is 4.83. The number of nitrogens with zero attached hydrogens (tertiary/aromatic N) is 3. The van der Waals surface area contributed by atoms with E-state index in [9.17, 15) is 8.42 Å². The minimum atomic E-state index is -3.73. The molecule has 3 rings (SSSR count). The SMILES string of the molecule is COCn1cc(-c2cc(OC)cc(S(=O)(=O)c3cnc(CN)s3)c2)cn1. The lowest BCUT2D eigenvalue weighted by atomic mass is 10.1. The van der Waals surface area contributed by atoms with E-state index in [0.717, 1.165) is 16.9 Å². The molecule has 0 spiro atoms. The highest BCUT2D eigenvalue weighted by Crippen LogP contribution is 2.32. The van der Waals surface area contributed by atoms with Crippen LogP contribution >= 0.6 is 11.3 Å². The average molecular weight is 394 g/mol. The minimum absolute atomic E-state index is 0.124. The number of hydrogen-bond acceptors (Lipinski definition) is 8. The molecule has 0 aliphatic rings. The number of rotatable bonds is 7. The first-order valence-electron chi connectivity index (χ1n) is 7.58. The fourth-order valence-electron chi connectivity index (χ4n) is 2.36. The summed E-state index contributed by atoms with van der Waals surface area (Å²) in [7, 11) is -0.665. The summed E-state index contributed by atoms with van der Waals surface area (Å²) in [6.07, 6.45) is 4.75. The van der Waals surface area contributed by atoms with Gasteiger partial charge in [-0.15, -0.1) is 11.3 Å². The molecule has 0 fully saturated rings. The summed E-state index contributed by atoms with van der Waals surface area (Å²) in [5, 5.41) is 4.74. The topological polar surface area (TPSA) is 109 Å². The fourth-order valence-corrected chi connectivity index (χ4v) is 4.87. The molecule has 138 valence electrons. The van der Waals surface area contributed by atoms with Crippen LogP contribution in [0.1, 0.15) is 5.01 Å². The van der Waals surface area contributed by atoms with Crippen LogP contribution in [0.5, 0.6) is 5.75 Å². The zero-order valence-corrected chi connectivity index (χ0v) is 15.9. The molecule has 3 aromatic rings. The van der Waals surface area contributed by atoms with Crippen molar-refractivity contribution in [3.05, 3.63) is 41.8 Å². The number of hydrogen-bond donors (Lipinski definition) is 1. The second-order valence-corrected chi connectivity index (χ2v) is 8.66. The van der Waals surface area contributed by atoms with Crippen LogP contribution < -0.4 is 10.5 Å². The molecule has 2 aromatic heterocycles. The Morgan fingerprint density at radius 2 is 2.00 bits per heavy atom. The van der Waals surface area contributed by atoms with Crippen molar-refractivity contribution in [1.29, 1.82) is 0 Å². The van der Waals surface area contributed by atoms with Crippen LogP contribution in [0.25, 0.3) is 11.1 Å². The Kier molecular flexibility index (Phi) is 5.37. The summed E-state index contributed by atoms with van der Waals surface area (Å²) < 4.78 is 38.0. The highest BCUT2D eigenvalue weighted by molar-refractivity contribution is 7.93. The van der Waals surface area contributed by atoms with Crippen LogP contribution in [-0.2, 0) is 27.8 Å². The fraction of sp³-hybridized carbons (Fsp3) is 0.250. The molecule has 0 amide bonds. The Labute approximate surface area is 155 Å². The zero-order valence-electron chi connectivity index (χ0n) is 14.2. The van der Waals surface area contributed by atoms with Crippen LogP contribution in [0.4, 0.5) is 0 Å². The third-order valence-electron chi connectivity index (χ3n) is 3.63. The van der Waals surface area contributed by atoms with E-state index in [1.807, 2.05) is 0 Å². The van der Waals surface area contributed by atoms with E-state index in [1.165, 1.54) is 19.4 Å². The van der Waals surface area contributed by atoms with Crippen molar-refractivity contribution in [3.8, 4) is 16.9 Å². The maximum Gasteiger partial charge on any atom is 0.217 e. The lowest BCUT2D eigenvalue weighted by Crippen LogP contribution is -2.01. The summed E-state index contributed by atoms with van der Waals surface area (Å²) in [4.78, 5) is 4.15. The van der Waals surface area contributed by atoms with Crippen molar-refractivity contribution in [2.75, 3.05) is 14.2 Å². The van der Waals surface area contributed by atoms with E-state index < -0.39 is 9.84 Å². The molecule has 0 saturated heterocycles. The predicted molar refractivity (Wildman–Crippen MR) is 96.7 cm³/mol. The zero-order chi connectivity index (χ0) is 18.7. The Morgan fingerprint density at radius 3 is 2.65 bits per heavy atom. The largest absolute Gasteiger partial charge is 0.497 e. The van der Waals surface area contributed by atoms with Gasteiger partial charge in [-0.25, -0.2) is 18.1 Å². The Hall–Kier alpha value is -2.27. The van der Waals surface area contributed by atoms with E-state index in [1.54, 1.807) is 36.3 Å². The van der Waals surface area contributed by atoms with Gasteiger partial charge < -0.3 is 15.2 Å². The van der Waals surface area contributed by atoms with Crippen molar-refractivity contribution < 1.29 is 17.9 Å². The molecule has 0 atom stereocenters. The lowest BCUT2D eigenvalue weighted by Gasteiger charge is -2.08. The van der Waals surface area contributed by atoms with Gasteiger partial charge in [0.2, 0.25) is 9.84 Å². The number of ether oxygens (including phenoxy) is 2. The average Bonchev–Trinajstić information content (AvgIpc) is 3.31. The van der Waals surface area contributed by atoms with Gasteiger partial charge in [-0.3, -0.25) is 0 Å². The van der Waals surface area contributed by atoms with Crippen LogP contribution in [0.2, 0.25) is 0 Å². The molecule has 10 heteroatoms. The van der Waals surface area contributed by atoms with Gasteiger partial charge in [0.1, 0.15) is 21.7 Å². The molecule has 0 bridgehead atoms. The van der Waals surface area contributed by atoms with Gasteiger partial charge in [-0.05, 0) is 23.8 Å². The van der Waals surface area contributed by atoms with Gasteiger partial charge in [-0.1, -0.05) is 0 Å². The summed E-state index contributed by atoms with van der Waals surface area (Å²) in [5.74, 6) is 0.434. The standard InChI is InChI=1S/C16H18N4O4S2/c1-23-10-20-9-12(7-19-20)11-3-13(24-2)5-14(4-11)26(21,22)16-8-18-15(6-17)25-16/h3-5,7-9H,6,10,17H2,1-2H3. The molecule has 8 nitrogen and oxygen atoms in total. The van der Waals surface area contributed by atoms with Gasteiger partial charge >= 0.3 is 0 Å². The number of thiazole rings is 1. The molecule has 0 saturated carbocycles. The summed E-state index contributed by atoms with van der Waals surface area (Å²) in [6.45, 7) is 0.500. The second kappa shape index (κ2) is 7.54. The minimum Gasteiger partial charge on any atom is -0.497 e. The first kappa shape index (κ1) is 18.5. The normalized spacial score (nSPS) is 11.7. The highest BCUT2D eigenvalue weighted by atomic mass is 32.2. The van der Waals surface area contributed by atoms with E-state index >= 15 is 0 Å². The van der Waals surface area contributed by atoms with Crippen LogP contribution in [0.3, 0.4) is 0 Å². The van der Waals surface area contributed by atoms with Crippen molar-refractivity contribution in [1.82, 2.24) is 14.8 Å². The Bertz CT molecular complexity index is 1010. The summed E-state index contributed by atoms with van der Waals surface area (Å²) >= 11 is 1.06. The van der Waals surface area contributed by atoms with E-state index in [0.29, 0.717) is 23.1 Å². The molecule has 2 heterocycles. The Morgan fingerprint density at radius 1 is 1.19 bits per heavy atom. The molecular weight excluding hydrogens is 376 g/mol. The first-order valence-corrected chi connectivity index (χ1v) is 9.88. The second-order valence-electron chi connectivity index (χ2n) is 5.36. The molecule has 0 aliphatic heterocycles. The maximum atomic E-state index is 13.0. The molecule has 1 aromatic carbocycles.